The first kappa shape index (κ1) is 12.1. The lowest BCUT2D eigenvalue weighted by Gasteiger charge is -2.15. The number of benzene rings is 1. The van der Waals surface area contributed by atoms with Crippen LogP contribution in [0, 0.1) is 0 Å². The van der Waals surface area contributed by atoms with Gasteiger partial charge in [0, 0.05) is 12.6 Å². The van der Waals surface area contributed by atoms with Crippen LogP contribution in [0.2, 0.25) is 0 Å². The number of hydrogen-bond acceptors (Lipinski definition) is 4. The molecule has 1 aliphatic carbocycles. The zero-order valence-corrected chi connectivity index (χ0v) is 10.8. The molecule has 1 aromatic heterocycles. The van der Waals surface area contributed by atoms with E-state index in [2.05, 4.69) is 22.3 Å². The molecule has 1 saturated carbocycles. The first-order chi connectivity index (χ1) is 9.15. The molecule has 0 saturated heterocycles. The molecular formula is C13H16N4O2. The molecule has 1 aliphatic rings. The van der Waals surface area contributed by atoms with Crippen LogP contribution in [-0.2, 0) is 6.54 Å². The SMILES string of the molecule is CN(CCn1nnc2cc(C(=O)O)ccc21)C1CC1. The largest absolute Gasteiger partial charge is 0.478 e. The highest BCUT2D eigenvalue weighted by molar-refractivity contribution is 5.92. The molecule has 3 rings (SSSR count). The van der Waals surface area contributed by atoms with Gasteiger partial charge < -0.3 is 10.0 Å². The summed E-state index contributed by atoms with van der Waals surface area (Å²) in [5.41, 5.74) is 1.76. The summed E-state index contributed by atoms with van der Waals surface area (Å²) in [6, 6.07) is 5.66. The number of hydrogen-bond donors (Lipinski definition) is 1. The predicted molar refractivity (Wildman–Crippen MR) is 70.1 cm³/mol. The van der Waals surface area contributed by atoms with E-state index in [4.69, 9.17) is 5.11 Å². The van der Waals surface area contributed by atoms with Crippen molar-refractivity contribution >= 4 is 17.0 Å². The standard InChI is InChI=1S/C13H16N4O2/c1-16(10-3-4-10)6-7-17-12-5-2-9(13(18)19)8-11(12)14-15-17/h2,5,8,10H,3-4,6-7H2,1H3,(H,18,19). The highest BCUT2D eigenvalue weighted by atomic mass is 16.4. The van der Waals surface area contributed by atoms with Gasteiger partial charge in [0.05, 0.1) is 17.6 Å². The Morgan fingerprint density at radius 3 is 3.00 bits per heavy atom. The van der Waals surface area contributed by atoms with E-state index in [1.54, 1.807) is 18.2 Å². The molecule has 19 heavy (non-hydrogen) atoms. The summed E-state index contributed by atoms with van der Waals surface area (Å²) in [7, 11) is 2.12. The number of nitrogens with zero attached hydrogens (tertiary/aromatic N) is 4. The smallest absolute Gasteiger partial charge is 0.335 e. The molecule has 1 heterocycles. The van der Waals surface area contributed by atoms with E-state index in [-0.39, 0.29) is 5.56 Å². The summed E-state index contributed by atoms with van der Waals surface area (Å²) in [5.74, 6) is -0.940. The van der Waals surface area contributed by atoms with E-state index in [1.807, 2.05) is 4.68 Å². The summed E-state index contributed by atoms with van der Waals surface area (Å²) in [5, 5.41) is 17.1. The molecular weight excluding hydrogens is 244 g/mol. The Balaban J connectivity index is 1.78. The number of carboxylic acids is 1. The maximum absolute atomic E-state index is 10.9. The number of aromatic nitrogens is 3. The van der Waals surface area contributed by atoms with Crippen LogP contribution in [-0.4, -0.2) is 50.6 Å². The lowest BCUT2D eigenvalue weighted by molar-refractivity contribution is 0.0697. The molecule has 1 aromatic carbocycles. The van der Waals surface area contributed by atoms with Gasteiger partial charge in [-0.05, 0) is 38.1 Å². The van der Waals surface area contributed by atoms with Crippen molar-refractivity contribution in [1.29, 1.82) is 0 Å². The number of carbonyl (C=O) groups is 1. The molecule has 0 radical (unpaired) electrons. The second-order valence-corrected chi connectivity index (χ2v) is 5.03. The Bertz CT molecular complexity index is 618. The molecule has 1 N–H and O–H groups in total. The van der Waals surface area contributed by atoms with Gasteiger partial charge in [-0.25, -0.2) is 9.48 Å². The summed E-state index contributed by atoms with van der Waals surface area (Å²) in [4.78, 5) is 13.2. The fourth-order valence-corrected chi connectivity index (χ4v) is 2.22. The molecule has 0 atom stereocenters. The molecule has 2 aromatic rings. The van der Waals surface area contributed by atoms with Crippen molar-refractivity contribution in [3.05, 3.63) is 23.8 Å². The van der Waals surface area contributed by atoms with Crippen LogP contribution in [0.5, 0.6) is 0 Å². The van der Waals surface area contributed by atoms with Crippen LogP contribution in [0.3, 0.4) is 0 Å². The van der Waals surface area contributed by atoms with E-state index < -0.39 is 5.97 Å². The van der Waals surface area contributed by atoms with Crippen molar-refractivity contribution in [3.8, 4) is 0 Å². The third-order valence-electron chi connectivity index (χ3n) is 3.60. The average molecular weight is 260 g/mol. The fraction of sp³-hybridized carbons (Fsp3) is 0.462. The van der Waals surface area contributed by atoms with Crippen molar-refractivity contribution in [1.82, 2.24) is 19.9 Å². The van der Waals surface area contributed by atoms with Crippen molar-refractivity contribution in [3.63, 3.8) is 0 Å². The molecule has 6 nitrogen and oxygen atoms in total. The lowest BCUT2D eigenvalue weighted by Crippen LogP contribution is -2.25. The number of carboxylic acid groups (broad SMARTS) is 1. The number of aromatic carboxylic acids is 1. The molecule has 0 unspecified atom stereocenters. The van der Waals surface area contributed by atoms with Crippen molar-refractivity contribution in [2.75, 3.05) is 13.6 Å². The second kappa shape index (κ2) is 4.62. The molecule has 0 spiro atoms. The van der Waals surface area contributed by atoms with E-state index in [0.717, 1.165) is 24.6 Å². The Morgan fingerprint density at radius 1 is 1.53 bits per heavy atom. The molecule has 0 amide bonds. The van der Waals surface area contributed by atoms with Crippen molar-refractivity contribution in [2.45, 2.75) is 25.4 Å². The summed E-state index contributed by atoms with van der Waals surface area (Å²) in [6.07, 6.45) is 2.58. The molecule has 0 aliphatic heterocycles. The van der Waals surface area contributed by atoms with Gasteiger partial charge in [0.25, 0.3) is 0 Å². The highest BCUT2D eigenvalue weighted by Crippen LogP contribution is 2.25. The zero-order chi connectivity index (χ0) is 13.4. The van der Waals surface area contributed by atoms with Crippen LogP contribution < -0.4 is 0 Å². The van der Waals surface area contributed by atoms with Crippen molar-refractivity contribution in [2.24, 2.45) is 0 Å². The first-order valence-electron chi connectivity index (χ1n) is 6.42. The zero-order valence-electron chi connectivity index (χ0n) is 10.8. The predicted octanol–water partition coefficient (Wildman–Crippen LogP) is 1.22. The van der Waals surface area contributed by atoms with Gasteiger partial charge >= 0.3 is 5.97 Å². The van der Waals surface area contributed by atoms with Gasteiger partial charge in [-0.3, -0.25) is 0 Å². The van der Waals surface area contributed by atoms with E-state index in [9.17, 15) is 4.79 Å². The van der Waals surface area contributed by atoms with Crippen LogP contribution in [0.15, 0.2) is 18.2 Å². The van der Waals surface area contributed by atoms with E-state index in [0.29, 0.717) is 5.52 Å². The van der Waals surface area contributed by atoms with Gasteiger partial charge in [0.15, 0.2) is 0 Å². The number of rotatable bonds is 5. The van der Waals surface area contributed by atoms with E-state index >= 15 is 0 Å². The highest BCUT2D eigenvalue weighted by Gasteiger charge is 2.25. The quantitative estimate of drug-likeness (QED) is 0.875. The number of likely N-dealkylation sites (N-methyl/N-ethyl adjacent to an activating group) is 1. The van der Waals surface area contributed by atoms with Crippen LogP contribution >= 0.6 is 0 Å². The molecule has 0 bridgehead atoms. The van der Waals surface area contributed by atoms with Crippen LogP contribution in [0.4, 0.5) is 0 Å². The Kier molecular flexibility index (Phi) is 2.94. The minimum Gasteiger partial charge on any atom is -0.478 e. The Labute approximate surface area is 110 Å². The maximum atomic E-state index is 10.9. The van der Waals surface area contributed by atoms with Gasteiger partial charge in [-0.15, -0.1) is 5.10 Å². The summed E-state index contributed by atoms with van der Waals surface area (Å²) >= 11 is 0. The van der Waals surface area contributed by atoms with Gasteiger partial charge in [0.2, 0.25) is 0 Å². The molecule has 100 valence electrons. The summed E-state index contributed by atoms with van der Waals surface area (Å²) < 4.78 is 1.83. The maximum Gasteiger partial charge on any atom is 0.335 e. The average Bonchev–Trinajstić information content (AvgIpc) is 3.17. The monoisotopic (exact) mass is 260 g/mol. The Hall–Kier alpha value is -1.95. The lowest BCUT2D eigenvalue weighted by atomic mass is 10.2. The second-order valence-electron chi connectivity index (χ2n) is 5.03. The third kappa shape index (κ3) is 2.44. The molecule has 6 heteroatoms. The van der Waals surface area contributed by atoms with Gasteiger partial charge in [-0.1, -0.05) is 5.21 Å². The minimum atomic E-state index is -0.940. The minimum absolute atomic E-state index is 0.245. The topological polar surface area (TPSA) is 71.2 Å². The van der Waals surface area contributed by atoms with Gasteiger partial charge in [-0.2, -0.15) is 0 Å². The fourth-order valence-electron chi connectivity index (χ4n) is 2.22. The summed E-state index contributed by atoms with van der Waals surface area (Å²) in [6.45, 7) is 1.71. The van der Waals surface area contributed by atoms with Crippen LogP contribution in [0.25, 0.3) is 11.0 Å². The number of fused-ring (bicyclic) bond motifs is 1. The Morgan fingerprint density at radius 2 is 2.32 bits per heavy atom. The third-order valence-corrected chi connectivity index (χ3v) is 3.60. The molecule has 1 fully saturated rings. The van der Waals surface area contributed by atoms with Gasteiger partial charge in [0.1, 0.15) is 5.52 Å². The van der Waals surface area contributed by atoms with Crippen molar-refractivity contribution < 1.29 is 9.90 Å². The van der Waals surface area contributed by atoms with E-state index in [1.165, 1.54) is 12.8 Å². The van der Waals surface area contributed by atoms with Crippen LogP contribution in [0.1, 0.15) is 23.2 Å². The first-order valence-corrected chi connectivity index (χ1v) is 6.42. The normalized spacial score (nSPS) is 15.3.